The number of fused-ring (bicyclic) bond motifs is 10. The van der Waals surface area contributed by atoms with E-state index in [0.29, 0.717) is 0 Å². The Bertz CT molecular complexity index is 1380. The van der Waals surface area contributed by atoms with Gasteiger partial charge < -0.3 is 4.42 Å². The fraction of sp³-hybridized carbons (Fsp3) is 0. The van der Waals surface area contributed by atoms with Crippen molar-refractivity contribution in [3.8, 4) is 0 Å². The Labute approximate surface area is 144 Å². The van der Waals surface area contributed by atoms with Crippen LogP contribution in [0.3, 0.4) is 0 Å². The van der Waals surface area contributed by atoms with Crippen LogP contribution in [-0.2, 0) is 0 Å². The third-order valence-electron chi connectivity index (χ3n) is 5.19. The van der Waals surface area contributed by atoms with Crippen LogP contribution < -0.4 is 0 Å². The maximum atomic E-state index is 6.31. The van der Waals surface area contributed by atoms with Gasteiger partial charge in [-0.3, -0.25) is 0 Å². The van der Waals surface area contributed by atoms with Crippen LogP contribution in [0.1, 0.15) is 11.1 Å². The Kier molecular flexibility index (Phi) is 2.37. The molecular formula is C24H13O+. The van der Waals surface area contributed by atoms with Crippen molar-refractivity contribution in [2.75, 3.05) is 0 Å². The van der Waals surface area contributed by atoms with E-state index in [4.69, 9.17) is 4.42 Å². The highest BCUT2D eigenvalue weighted by Crippen LogP contribution is 2.41. The van der Waals surface area contributed by atoms with Gasteiger partial charge in [0.15, 0.2) is 0 Å². The summed E-state index contributed by atoms with van der Waals surface area (Å²) in [6.07, 6.45) is 9.45. The summed E-state index contributed by atoms with van der Waals surface area (Å²) in [4.78, 5) is 0. The van der Waals surface area contributed by atoms with Gasteiger partial charge in [-0.2, -0.15) is 0 Å². The molecule has 0 aliphatic heterocycles. The van der Waals surface area contributed by atoms with Gasteiger partial charge in [0.2, 0.25) is 0 Å². The zero-order valence-electron chi connectivity index (χ0n) is 13.4. The molecule has 0 amide bonds. The molecule has 0 saturated heterocycles. The quantitative estimate of drug-likeness (QED) is 0.228. The molecule has 0 radical (unpaired) electrons. The first-order valence-corrected chi connectivity index (χ1v) is 8.46. The minimum absolute atomic E-state index is 0.940. The molecule has 0 spiro atoms. The normalized spacial score (nSPS) is 13.0. The SMILES string of the molecule is [C+]1=Cc2c(c3ccc4c5ccccc5oc4c3c3ccccc23)C=C1. The predicted molar refractivity (Wildman–Crippen MR) is 105 cm³/mol. The topological polar surface area (TPSA) is 13.1 Å². The third kappa shape index (κ3) is 1.60. The van der Waals surface area contributed by atoms with Gasteiger partial charge in [0, 0.05) is 38.4 Å². The second-order valence-electron chi connectivity index (χ2n) is 6.48. The summed E-state index contributed by atoms with van der Waals surface area (Å²) in [5, 5.41) is 7.25. The smallest absolute Gasteiger partial charge is 0.144 e. The maximum absolute atomic E-state index is 6.31. The molecule has 0 N–H and O–H groups in total. The molecule has 0 bridgehead atoms. The molecule has 4 aromatic carbocycles. The van der Waals surface area contributed by atoms with E-state index < -0.39 is 0 Å². The summed E-state index contributed by atoms with van der Waals surface area (Å²) in [5.74, 6) is 0. The van der Waals surface area contributed by atoms with Crippen LogP contribution >= 0.6 is 0 Å². The number of hydrogen-bond acceptors (Lipinski definition) is 1. The Morgan fingerprint density at radius 2 is 1.40 bits per heavy atom. The Morgan fingerprint density at radius 3 is 2.32 bits per heavy atom. The summed E-state index contributed by atoms with van der Waals surface area (Å²) in [5.41, 5.74) is 4.40. The molecule has 25 heavy (non-hydrogen) atoms. The van der Waals surface area contributed by atoms with Gasteiger partial charge in [-0.05, 0) is 18.2 Å². The summed E-state index contributed by atoms with van der Waals surface area (Å²) in [6, 6.07) is 21.3. The highest BCUT2D eigenvalue weighted by atomic mass is 16.3. The Hall–Kier alpha value is -3.41. The van der Waals surface area contributed by atoms with Crippen molar-refractivity contribution in [1.29, 1.82) is 0 Å². The molecule has 0 atom stereocenters. The zero-order valence-corrected chi connectivity index (χ0v) is 13.4. The molecule has 0 unspecified atom stereocenters. The Morgan fingerprint density at radius 1 is 0.640 bits per heavy atom. The standard InChI is InChI=1S/C24H13O/c1-2-9-17-15(7-1)16-8-3-4-11-19(16)23-20(17)13-14-21-18-10-5-6-12-22(18)25-24(21)23/h2-14H/q+1. The van der Waals surface area contributed by atoms with E-state index in [-0.39, 0.29) is 0 Å². The van der Waals surface area contributed by atoms with Gasteiger partial charge in [0.1, 0.15) is 34.4 Å². The van der Waals surface area contributed by atoms with Crippen molar-refractivity contribution < 1.29 is 4.42 Å². The summed E-state index contributed by atoms with van der Waals surface area (Å²) < 4.78 is 6.31. The average Bonchev–Trinajstić information content (AvgIpc) is 3.06. The van der Waals surface area contributed by atoms with Gasteiger partial charge in [-0.15, -0.1) is 0 Å². The van der Waals surface area contributed by atoms with Crippen molar-refractivity contribution in [2.24, 2.45) is 0 Å². The van der Waals surface area contributed by atoms with Crippen LogP contribution in [-0.4, -0.2) is 0 Å². The largest absolute Gasteiger partial charge is 0.455 e. The lowest BCUT2D eigenvalue weighted by atomic mass is 9.89. The average molecular weight is 317 g/mol. The fourth-order valence-electron chi connectivity index (χ4n) is 4.10. The van der Waals surface area contributed by atoms with Gasteiger partial charge in [0.25, 0.3) is 0 Å². The van der Waals surface area contributed by atoms with Crippen molar-refractivity contribution in [2.45, 2.75) is 0 Å². The van der Waals surface area contributed by atoms with Crippen molar-refractivity contribution in [3.05, 3.63) is 83.9 Å². The first-order valence-electron chi connectivity index (χ1n) is 8.46. The highest BCUT2D eigenvalue weighted by molar-refractivity contribution is 6.26. The van der Waals surface area contributed by atoms with Gasteiger partial charge in [-0.1, -0.05) is 42.5 Å². The monoisotopic (exact) mass is 317 g/mol. The first kappa shape index (κ1) is 12.9. The molecule has 114 valence electrons. The van der Waals surface area contributed by atoms with Gasteiger partial charge >= 0.3 is 0 Å². The number of furan rings is 1. The predicted octanol–water partition coefficient (Wildman–Crippen LogP) is 6.74. The summed E-state index contributed by atoms with van der Waals surface area (Å²) >= 11 is 0. The number of rotatable bonds is 0. The van der Waals surface area contributed by atoms with Crippen molar-refractivity contribution >= 4 is 55.6 Å². The summed E-state index contributed by atoms with van der Waals surface area (Å²) in [6.45, 7) is 0. The molecule has 1 aliphatic carbocycles. The molecule has 1 heteroatoms. The molecule has 6 rings (SSSR count). The zero-order chi connectivity index (χ0) is 16.4. The minimum atomic E-state index is 0.940. The summed E-state index contributed by atoms with van der Waals surface area (Å²) in [7, 11) is 0. The second-order valence-corrected chi connectivity index (χ2v) is 6.48. The van der Waals surface area contributed by atoms with Crippen LogP contribution in [0.15, 0.2) is 71.2 Å². The lowest BCUT2D eigenvalue weighted by Crippen LogP contribution is -1.91. The van der Waals surface area contributed by atoms with Gasteiger partial charge in [-0.25, -0.2) is 0 Å². The van der Waals surface area contributed by atoms with E-state index >= 15 is 0 Å². The molecular weight excluding hydrogens is 304 g/mol. The van der Waals surface area contributed by atoms with Crippen molar-refractivity contribution in [1.82, 2.24) is 0 Å². The molecule has 0 fully saturated rings. The highest BCUT2D eigenvalue weighted by Gasteiger charge is 2.22. The van der Waals surface area contributed by atoms with E-state index in [1.165, 1.54) is 43.4 Å². The fourth-order valence-corrected chi connectivity index (χ4v) is 4.10. The molecule has 0 saturated carbocycles. The van der Waals surface area contributed by atoms with Gasteiger partial charge in [0.05, 0.1) is 6.08 Å². The number of hydrogen-bond donors (Lipinski definition) is 0. The van der Waals surface area contributed by atoms with E-state index in [9.17, 15) is 0 Å². The molecule has 1 heterocycles. The molecule has 1 aliphatic rings. The van der Waals surface area contributed by atoms with Crippen LogP contribution in [0.5, 0.6) is 0 Å². The maximum Gasteiger partial charge on any atom is 0.144 e. The number of benzene rings is 4. The third-order valence-corrected chi connectivity index (χ3v) is 5.19. The van der Waals surface area contributed by atoms with Crippen molar-refractivity contribution in [3.63, 3.8) is 0 Å². The minimum Gasteiger partial charge on any atom is -0.455 e. The van der Waals surface area contributed by atoms with Crippen LogP contribution in [0.25, 0.3) is 55.6 Å². The van der Waals surface area contributed by atoms with E-state index in [2.05, 4.69) is 66.8 Å². The lowest BCUT2D eigenvalue weighted by molar-refractivity contribution is 0.673. The van der Waals surface area contributed by atoms with E-state index in [0.717, 1.165) is 11.2 Å². The first-order chi connectivity index (χ1) is 12.4. The van der Waals surface area contributed by atoms with Crippen LogP contribution in [0, 0.1) is 6.08 Å². The number of allylic oxidation sites excluding steroid dienone is 2. The molecule has 5 aromatic rings. The lowest BCUT2D eigenvalue weighted by Gasteiger charge is -2.09. The van der Waals surface area contributed by atoms with E-state index in [1.54, 1.807) is 0 Å². The molecule has 1 nitrogen and oxygen atoms in total. The Balaban J connectivity index is 1.97. The second kappa shape index (κ2) is 4.57. The van der Waals surface area contributed by atoms with E-state index in [1.807, 2.05) is 18.2 Å². The van der Waals surface area contributed by atoms with Crippen LogP contribution in [0.2, 0.25) is 0 Å². The number of para-hydroxylation sites is 1. The van der Waals surface area contributed by atoms with Crippen LogP contribution in [0.4, 0.5) is 0 Å². The molecule has 1 aromatic heterocycles.